The lowest BCUT2D eigenvalue weighted by Gasteiger charge is -2.18. The third kappa shape index (κ3) is 1.45. The molecule has 3 unspecified atom stereocenters. The van der Waals surface area contributed by atoms with Crippen LogP contribution in [0.5, 0.6) is 0 Å². The van der Waals surface area contributed by atoms with E-state index >= 15 is 0 Å². The van der Waals surface area contributed by atoms with Crippen molar-refractivity contribution < 1.29 is 12.2 Å². The van der Waals surface area contributed by atoms with E-state index in [-0.39, 0.29) is 12.7 Å². The molecule has 1 aliphatic heterocycles. The molecule has 0 aliphatic carbocycles. The molecule has 0 N–H and O–H groups in total. The first-order valence-corrected chi connectivity index (χ1v) is 2.31. The fourth-order valence-electron chi connectivity index (χ4n) is 0.453. The quantitative estimate of drug-likeness (QED) is 0.443. The topological polar surface area (TPSA) is 18.5 Å². The largest absolute Gasteiger partial charge is 0.376 e. The van der Waals surface area contributed by atoms with Crippen LogP contribution in [0.3, 0.4) is 0 Å². The van der Waals surface area contributed by atoms with Gasteiger partial charge in [0.1, 0.15) is 0 Å². The smallest absolute Gasteiger partial charge is 0.0781 e. The summed E-state index contributed by atoms with van der Waals surface area (Å²) < 4.78 is 24.0. The van der Waals surface area contributed by atoms with Crippen LogP contribution >= 0.6 is 0 Å². The predicted octanol–water partition coefficient (Wildman–Crippen LogP) is 0.422. The Kier molecular flexibility index (Phi) is 0.995. The minimum absolute atomic E-state index is 0.221. The Morgan fingerprint density at radius 3 is 3.29 bits per heavy atom. The van der Waals surface area contributed by atoms with Crippen molar-refractivity contribution in [1.29, 1.82) is 0 Å². The highest BCUT2D eigenvalue weighted by molar-refractivity contribution is 4.50. The molecule has 1 heterocycles. The van der Waals surface area contributed by atoms with Crippen LogP contribution in [0.4, 0.5) is 0 Å². The van der Waals surface area contributed by atoms with Crippen LogP contribution in [0.25, 0.3) is 0 Å². The summed E-state index contributed by atoms with van der Waals surface area (Å²) in [6.07, 6.45) is -0.263. The second-order valence-electron chi connectivity index (χ2n) is 1.48. The standard InChI is InChI=1S/C5H10O2/c1-5-4-6-2-3-7-5/h5H,2-4H2,1H3/i3D,4D. The molecule has 1 saturated heterocycles. The normalized spacial score (nSPS) is 58.1. The SMILES string of the molecule is [2H]C1COC([2H])C(C)O1. The van der Waals surface area contributed by atoms with Gasteiger partial charge in [-0.1, -0.05) is 0 Å². The summed E-state index contributed by atoms with van der Waals surface area (Å²) in [4.78, 5) is 0. The zero-order valence-corrected chi connectivity index (χ0v) is 4.26. The van der Waals surface area contributed by atoms with Crippen LogP contribution in [0, 0.1) is 0 Å². The van der Waals surface area contributed by atoms with E-state index in [1.165, 1.54) is 0 Å². The summed E-state index contributed by atoms with van der Waals surface area (Å²) in [6, 6.07) is 0. The lowest BCUT2D eigenvalue weighted by Crippen LogP contribution is -2.25. The molecule has 1 fully saturated rings. The molecule has 1 rings (SSSR count). The van der Waals surface area contributed by atoms with E-state index in [0.717, 1.165) is 0 Å². The molecule has 0 spiro atoms. The van der Waals surface area contributed by atoms with Crippen LogP contribution in [0.15, 0.2) is 0 Å². The van der Waals surface area contributed by atoms with E-state index in [2.05, 4.69) is 0 Å². The maximum Gasteiger partial charge on any atom is 0.0781 e. The Bertz CT molecular complexity index is 99.0. The summed E-state index contributed by atoms with van der Waals surface area (Å²) >= 11 is 0. The van der Waals surface area contributed by atoms with Crippen LogP contribution < -0.4 is 0 Å². The Labute approximate surface area is 46.2 Å². The number of ether oxygens (including phenoxy) is 2. The molecule has 0 saturated carbocycles. The monoisotopic (exact) mass is 104 g/mol. The first-order chi connectivity index (χ1) is 4.20. The molecule has 0 aromatic heterocycles. The van der Waals surface area contributed by atoms with Gasteiger partial charge in [-0.15, -0.1) is 0 Å². The van der Waals surface area contributed by atoms with Crippen LogP contribution in [-0.2, 0) is 9.47 Å². The van der Waals surface area contributed by atoms with Crippen LogP contribution in [0.2, 0.25) is 0 Å². The number of hydrogen-bond acceptors (Lipinski definition) is 2. The minimum atomic E-state index is -0.605. The van der Waals surface area contributed by atoms with Gasteiger partial charge < -0.3 is 9.47 Å². The molecular weight excluding hydrogens is 92.1 g/mol. The molecule has 3 atom stereocenters. The Morgan fingerprint density at radius 2 is 2.71 bits per heavy atom. The van der Waals surface area contributed by atoms with Gasteiger partial charge in [-0.2, -0.15) is 0 Å². The van der Waals surface area contributed by atoms with Crippen molar-refractivity contribution in [2.45, 2.75) is 13.0 Å². The summed E-state index contributed by atoms with van der Waals surface area (Å²) in [7, 11) is 0. The second kappa shape index (κ2) is 2.28. The first kappa shape index (κ1) is 3.05. The first-order valence-electron chi connectivity index (χ1n) is 3.47. The molecule has 0 radical (unpaired) electrons. The zero-order valence-electron chi connectivity index (χ0n) is 6.26. The lowest BCUT2D eigenvalue weighted by atomic mass is 10.4. The Hall–Kier alpha value is -0.0800. The van der Waals surface area contributed by atoms with Crippen molar-refractivity contribution in [1.82, 2.24) is 0 Å². The van der Waals surface area contributed by atoms with Gasteiger partial charge >= 0.3 is 0 Å². The summed E-state index contributed by atoms with van der Waals surface area (Å²) in [5, 5.41) is 0. The van der Waals surface area contributed by atoms with Crippen molar-refractivity contribution in [3.63, 3.8) is 0 Å². The highest BCUT2D eigenvalue weighted by Crippen LogP contribution is 1.96. The second-order valence-corrected chi connectivity index (χ2v) is 1.48. The highest BCUT2D eigenvalue weighted by atomic mass is 16.6. The average Bonchev–Trinajstić information content (AvgIpc) is 1.80. The number of rotatable bonds is 0. The third-order valence-corrected chi connectivity index (χ3v) is 0.763. The minimum Gasteiger partial charge on any atom is -0.376 e. The fraction of sp³-hybridized carbons (Fsp3) is 1.00. The van der Waals surface area contributed by atoms with Crippen LogP contribution in [0.1, 0.15) is 9.67 Å². The van der Waals surface area contributed by atoms with Gasteiger partial charge in [0, 0.05) is 0 Å². The molecule has 7 heavy (non-hydrogen) atoms. The third-order valence-electron chi connectivity index (χ3n) is 0.763. The fourth-order valence-corrected chi connectivity index (χ4v) is 0.453. The molecule has 0 aromatic carbocycles. The van der Waals surface area contributed by atoms with Crippen LogP contribution in [-0.4, -0.2) is 25.9 Å². The van der Waals surface area contributed by atoms with E-state index in [1.54, 1.807) is 6.92 Å². The van der Waals surface area contributed by atoms with Gasteiger partial charge in [-0.25, -0.2) is 0 Å². The van der Waals surface area contributed by atoms with Crippen molar-refractivity contribution in [3.05, 3.63) is 0 Å². The molecule has 42 valence electrons. The molecule has 0 amide bonds. The Morgan fingerprint density at radius 1 is 1.86 bits per heavy atom. The van der Waals surface area contributed by atoms with E-state index in [9.17, 15) is 0 Å². The predicted molar refractivity (Wildman–Crippen MR) is 26.2 cm³/mol. The van der Waals surface area contributed by atoms with Gasteiger partial charge in [0.25, 0.3) is 0 Å². The summed E-state index contributed by atoms with van der Waals surface area (Å²) in [6.45, 7) is 0.754. The molecule has 0 bridgehead atoms. The molecule has 0 aromatic rings. The van der Waals surface area contributed by atoms with E-state index < -0.39 is 13.2 Å². The van der Waals surface area contributed by atoms with Crippen molar-refractivity contribution >= 4 is 0 Å². The van der Waals surface area contributed by atoms with E-state index in [4.69, 9.17) is 12.2 Å². The van der Waals surface area contributed by atoms with Crippen molar-refractivity contribution in [2.24, 2.45) is 0 Å². The van der Waals surface area contributed by atoms with E-state index in [0.29, 0.717) is 0 Å². The van der Waals surface area contributed by atoms with Gasteiger partial charge in [-0.05, 0) is 6.92 Å². The zero-order chi connectivity index (χ0) is 6.85. The molecular formula is C5H10O2. The van der Waals surface area contributed by atoms with E-state index in [1.807, 2.05) is 0 Å². The lowest BCUT2D eigenvalue weighted by molar-refractivity contribution is -0.0797. The molecule has 2 heteroatoms. The highest BCUT2D eigenvalue weighted by Gasteiger charge is 2.06. The summed E-state index contributed by atoms with van der Waals surface area (Å²) in [5.41, 5.74) is 0. The Balaban J connectivity index is 2.35. The van der Waals surface area contributed by atoms with Gasteiger partial charge in [0.15, 0.2) is 0 Å². The summed E-state index contributed by atoms with van der Waals surface area (Å²) in [5.74, 6) is 0. The average molecular weight is 104 g/mol. The van der Waals surface area contributed by atoms with Crippen molar-refractivity contribution in [2.75, 3.05) is 19.8 Å². The van der Waals surface area contributed by atoms with Gasteiger partial charge in [-0.3, -0.25) is 0 Å². The van der Waals surface area contributed by atoms with Gasteiger partial charge in [0.05, 0.1) is 28.6 Å². The molecule has 2 nitrogen and oxygen atoms in total. The number of hydrogen-bond donors (Lipinski definition) is 0. The molecule has 1 aliphatic rings. The van der Waals surface area contributed by atoms with Crippen molar-refractivity contribution in [3.8, 4) is 0 Å². The van der Waals surface area contributed by atoms with Gasteiger partial charge in [0.2, 0.25) is 0 Å². The maximum atomic E-state index is 7.14. The maximum absolute atomic E-state index is 7.14.